The van der Waals surface area contributed by atoms with Crippen LogP contribution in [0.15, 0.2) is 0 Å². The van der Waals surface area contributed by atoms with Crippen molar-refractivity contribution >= 4 is 16.4 Å². The summed E-state index contributed by atoms with van der Waals surface area (Å²) in [7, 11) is -4.67. The van der Waals surface area contributed by atoms with Gasteiger partial charge in [0.15, 0.2) is 0 Å². The number of hydrogen-bond acceptors (Lipinski definition) is 3. The van der Waals surface area contributed by atoms with Gasteiger partial charge >= 0.3 is 16.4 Å². The zero-order valence-corrected chi connectivity index (χ0v) is 14.6. The van der Waals surface area contributed by atoms with E-state index in [-0.39, 0.29) is 5.92 Å². The summed E-state index contributed by atoms with van der Waals surface area (Å²) in [6.45, 7) is 4.05. The summed E-state index contributed by atoms with van der Waals surface area (Å²) >= 11 is 0. The molecule has 0 radical (unpaired) electrons. The summed E-state index contributed by atoms with van der Waals surface area (Å²) in [5.41, 5.74) is 0. The number of rotatable bonds is 12. The lowest BCUT2D eigenvalue weighted by Crippen LogP contribution is -2.08. The van der Waals surface area contributed by atoms with Crippen molar-refractivity contribution in [2.45, 2.75) is 84.5 Å². The van der Waals surface area contributed by atoms with Gasteiger partial charge in [0.05, 0.1) is 5.92 Å². The predicted molar refractivity (Wildman–Crippen MR) is 87.4 cm³/mol. The normalized spacial score (nSPS) is 12.4. The van der Waals surface area contributed by atoms with E-state index in [0.717, 1.165) is 12.8 Å². The first-order chi connectivity index (χ1) is 10.2. The highest BCUT2D eigenvalue weighted by atomic mass is 32.3. The Morgan fingerprint density at radius 1 is 0.864 bits per heavy atom. The smallest absolute Gasteiger partial charge is 0.394 e. The van der Waals surface area contributed by atoms with Gasteiger partial charge < -0.3 is 5.11 Å². The van der Waals surface area contributed by atoms with E-state index in [9.17, 15) is 4.79 Å². The second kappa shape index (κ2) is 15.2. The van der Waals surface area contributed by atoms with Crippen LogP contribution in [0.2, 0.25) is 0 Å². The molecule has 0 bridgehead atoms. The van der Waals surface area contributed by atoms with Crippen LogP contribution in [-0.4, -0.2) is 28.6 Å². The first-order valence-electron chi connectivity index (χ1n) is 8.11. The molecule has 3 N–H and O–H groups in total. The largest absolute Gasteiger partial charge is 0.481 e. The van der Waals surface area contributed by atoms with Crippen LogP contribution in [0, 0.1) is 5.92 Å². The van der Waals surface area contributed by atoms with Gasteiger partial charge in [0.25, 0.3) is 0 Å². The second-order valence-electron chi connectivity index (χ2n) is 5.66. The van der Waals surface area contributed by atoms with E-state index < -0.39 is 16.4 Å². The van der Waals surface area contributed by atoms with Gasteiger partial charge in [-0.3, -0.25) is 13.9 Å². The Morgan fingerprint density at radius 2 is 1.18 bits per heavy atom. The Kier molecular flexibility index (Phi) is 16.4. The number of unbranched alkanes of at least 4 members (excludes halogenated alkanes) is 9. The van der Waals surface area contributed by atoms with E-state index in [2.05, 4.69) is 6.92 Å². The van der Waals surface area contributed by atoms with Crippen LogP contribution in [0.3, 0.4) is 0 Å². The molecule has 0 aromatic rings. The molecule has 22 heavy (non-hydrogen) atoms. The standard InChI is InChI=1S/C15H30O2.H2O4S/c1-3-4-5-6-7-8-9-10-11-12-13-14(2)15(16)17;1-5(2,3)4/h14H,3-13H2,1-2H3,(H,16,17);(H2,1,2,3,4). The van der Waals surface area contributed by atoms with Crippen LogP contribution in [0.4, 0.5) is 0 Å². The minimum absolute atomic E-state index is 0.163. The van der Waals surface area contributed by atoms with Gasteiger partial charge in [-0.1, -0.05) is 78.1 Å². The minimum Gasteiger partial charge on any atom is -0.481 e. The molecule has 0 rings (SSSR count). The third kappa shape index (κ3) is 27.6. The quantitative estimate of drug-likeness (QED) is 0.359. The maximum atomic E-state index is 10.6. The Bertz CT molecular complexity index is 345. The van der Waals surface area contributed by atoms with Crippen molar-refractivity contribution in [3.05, 3.63) is 0 Å². The highest BCUT2D eigenvalue weighted by Gasteiger charge is 2.09. The second-order valence-corrected chi connectivity index (χ2v) is 6.55. The fourth-order valence-corrected chi connectivity index (χ4v) is 2.06. The molecule has 1 unspecified atom stereocenters. The SMILES string of the molecule is CCCCCCCCCCCCC(C)C(=O)O.O=S(=O)(O)O. The van der Waals surface area contributed by atoms with E-state index in [1.165, 1.54) is 57.8 Å². The van der Waals surface area contributed by atoms with Gasteiger partial charge in [0.1, 0.15) is 0 Å². The van der Waals surface area contributed by atoms with E-state index in [0.29, 0.717) is 0 Å². The number of aliphatic carboxylic acids is 1. The zero-order chi connectivity index (χ0) is 17.4. The van der Waals surface area contributed by atoms with Crippen LogP contribution in [-0.2, 0) is 15.2 Å². The molecule has 6 nitrogen and oxygen atoms in total. The summed E-state index contributed by atoms with van der Waals surface area (Å²) in [5.74, 6) is -0.815. The van der Waals surface area contributed by atoms with Crippen molar-refractivity contribution in [2.24, 2.45) is 5.92 Å². The molecule has 0 aliphatic carbocycles. The first kappa shape index (κ1) is 23.6. The zero-order valence-electron chi connectivity index (χ0n) is 13.8. The van der Waals surface area contributed by atoms with Gasteiger partial charge in [-0.25, -0.2) is 0 Å². The third-order valence-corrected chi connectivity index (χ3v) is 3.41. The van der Waals surface area contributed by atoms with Crippen molar-refractivity contribution in [3.8, 4) is 0 Å². The Balaban J connectivity index is 0. The van der Waals surface area contributed by atoms with Crippen LogP contribution >= 0.6 is 0 Å². The fourth-order valence-electron chi connectivity index (χ4n) is 2.06. The summed E-state index contributed by atoms with van der Waals surface area (Å²) in [6.07, 6.45) is 13.9. The molecular formula is C15H32O6S. The molecule has 0 amide bonds. The lowest BCUT2D eigenvalue weighted by Gasteiger charge is -2.05. The van der Waals surface area contributed by atoms with E-state index in [1.54, 1.807) is 6.92 Å². The van der Waals surface area contributed by atoms with Gasteiger partial charge in [-0.05, 0) is 6.42 Å². The fraction of sp³-hybridized carbons (Fsp3) is 0.933. The van der Waals surface area contributed by atoms with Crippen molar-refractivity contribution in [3.63, 3.8) is 0 Å². The average Bonchev–Trinajstić information content (AvgIpc) is 2.38. The molecule has 0 aromatic carbocycles. The molecule has 0 saturated heterocycles. The number of hydrogen-bond donors (Lipinski definition) is 3. The Morgan fingerprint density at radius 3 is 1.50 bits per heavy atom. The van der Waals surface area contributed by atoms with Crippen LogP contribution in [0.25, 0.3) is 0 Å². The highest BCUT2D eigenvalue weighted by molar-refractivity contribution is 7.79. The van der Waals surface area contributed by atoms with Crippen molar-refractivity contribution in [1.82, 2.24) is 0 Å². The molecule has 0 spiro atoms. The van der Waals surface area contributed by atoms with Crippen LogP contribution in [0.5, 0.6) is 0 Å². The molecule has 7 heteroatoms. The number of carboxylic acids is 1. The predicted octanol–water partition coefficient (Wildman–Crippen LogP) is 4.37. The summed E-state index contributed by atoms with van der Waals surface area (Å²) < 4.78 is 31.6. The van der Waals surface area contributed by atoms with Crippen molar-refractivity contribution < 1.29 is 27.4 Å². The number of carbonyl (C=O) groups is 1. The third-order valence-electron chi connectivity index (χ3n) is 3.41. The molecule has 0 aromatic heterocycles. The van der Waals surface area contributed by atoms with Crippen LogP contribution in [0.1, 0.15) is 84.5 Å². The lowest BCUT2D eigenvalue weighted by molar-refractivity contribution is -0.141. The molecule has 134 valence electrons. The van der Waals surface area contributed by atoms with Crippen LogP contribution < -0.4 is 0 Å². The van der Waals surface area contributed by atoms with E-state index in [1.807, 2.05) is 0 Å². The van der Waals surface area contributed by atoms with E-state index in [4.69, 9.17) is 22.6 Å². The van der Waals surface area contributed by atoms with Crippen molar-refractivity contribution in [1.29, 1.82) is 0 Å². The summed E-state index contributed by atoms with van der Waals surface area (Å²) in [4.78, 5) is 10.6. The molecule has 1 atom stereocenters. The first-order valence-corrected chi connectivity index (χ1v) is 9.50. The average molecular weight is 340 g/mol. The topological polar surface area (TPSA) is 112 Å². The Labute approximate surface area is 134 Å². The molecule has 0 saturated carbocycles. The monoisotopic (exact) mass is 340 g/mol. The summed E-state index contributed by atoms with van der Waals surface area (Å²) in [5, 5.41) is 8.73. The molecule has 0 heterocycles. The van der Waals surface area contributed by atoms with Crippen molar-refractivity contribution in [2.75, 3.05) is 0 Å². The van der Waals surface area contributed by atoms with Gasteiger partial charge in [-0.2, -0.15) is 8.42 Å². The highest BCUT2D eigenvalue weighted by Crippen LogP contribution is 2.13. The molecule has 0 aliphatic heterocycles. The maximum absolute atomic E-state index is 10.6. The van der Waals surface area contributed by atoms with Gasteiger partial charge in [-0.15, -0.1) is 0 Å². The number of carboxylic acid groups (broad SMARTS) is 1. The molecular weight excluding hydrogens is 308 g/mol. The Hall–Kier alpha value is -0.660. The molecule has 0 fully saturated rings. The summed E-state index contributed by atoms with van der Waals surface area (Å²) in [6, 6.07) is 0. The minimum atomic E-state index is -4.67. The van der Waals surface area contributed by atoms with E-state index >= 15 is 0 Å². The maximum Gasteiger partial charge on any atom is 0.394 e. The van der Waals surface area contributed by atoms with Gasteiger partial charge in [0, 0.05) is 0 Å². The lowest BCUT2D eigenvalue weighted by atomic mass is 10.0. The molecule has 0 aliphatic rings. The van der Waals surface area contributed by atoms with Gasteiger partial charge in [0.2, 0.25) is 0 Å².